The summed E-state index contributed by atoms with van der Waals surface area (Å²) >= 11 is 0. The molecule has 0 unspecified atom stereocenters. The maximum absolute atomic E-state index is 2.45. The van der Waals surface area contributed by atoms with Crippen LogP contribution in [0, 0.1) is 0 Å². The summed E-state index contributed by atoms with van der Waals surface area (Å²) in [4.78, 5) is 2.45. The molecule has 0 N–H and O–H groups in total. The summed E-state index contributed by atoms with van der Waals surface area (Å²) in [5, 5.41) is 2.50. The summed E-state index contributed by atoms with van der Waals surface area (Å²) < 4.78 is 0. The van der Waals surface area contributed by atoms with Crippen molar-refractivity contribution in [2.75, 3.05) is 4.90 Å². The Morgan fingerprint density at radius 2 is 0.848 bits per heavy atom. The third kappa shape index (κ3) is 6.86. The molecule has 0 atom stereocenters. The fourth-order valence-electron chi connectivity index (χ4n) is 11.5. The molecule has 0 radical (unpaired) electrons. The first kappa shape index (κ1) is 39.8. The van der Waals surface area contributed by atoms with Crippen LogP contribution in [0.3, 0.4) is 0 Å². The monoisotopic (exact) mass is 845 g/mol. The van der Waals surface area contributed by atoms with Gasteiger partial charge in [-0.3, -0.25) is 0 Å². The number of nitrogens with zero attached hydrogens (tertiary/aromatic N) is 1. The Kier molecular flexibility index (Phi) is 10.3. The van der Waals surface area contributed by atoms with Crippen molar-refractivity contribution in [1.29, 1.82) is 0 Å². The first-order valence-corrected chi connectivity index (χ1v) is 23.8. The second-order valence-corrected chi connectivity index (χ2v) is 18.2. The Morgan fingerprint density at radius 3 is 1.53 bits per heavy atom. The molecule has 2 aliphatic carbocycles. The molecule has 316 valence electrons. The van der Waals surface area contributed by atoms with Gasteiger partial charge in [-0.15, -0.1) is 0 Å². The molecular weight excluding hydrogens is 795 g/mol. The normalized spacial score (nSPS) is 14.1. The molecule has 0 spiro atoms. The zero-order valence-corrected chi connectivity index (χ0v) is 37.2. The topological polar surface area (TPSA) is 3.24 Å². The zero-order chi connectivity index (χ0) is 43.9. The molecule has 1 fully saturated rings. The molecular formula is C65H51N. The van der Waals surface area contributed by atoms with E-state index in [0.29, 0.717) is 5.92 Å². The molecule has 1 saturated carbocycles. The summed E-state index contributed by atoms with van der Waals surface area (Å²) in [6.45, 7) is 0. The Hall–Kier alpha value is -7.74. The Morgan fingerprint density at radius 1 is 0.333 bits per heavy atom. The molecule has 0 aliphatic heterocycles. The average molecular weight is 846 g/mol. The number of anilines is 3. The van der Waals surface area contributed by atoms with Crippen LogP contribution in [0.2, 0.25) is 0 Å². The van der Waals surface area contributed by atoms with Crippen LogP contribution >= 0.6 is 0 Å². The highest BCUT2D eigenvalue weighted by atomic mass is 15.1. The van der Waals surface area contributed by atoms with Crippen molar-refractivity contribution in [2.24, 2.45) is 0 Å². The quantitative estimate of drug-likeness (QED) is 0.140. The maximum Gasteiger partial charge on any atom is 0.0713 e. The van der Waals surface area contributed by atoms with Gasteiger partial charge < -0.3 is 4.90 Å². The van der Waals surface area contributed by atoms with Gasteiger partial charge in [0.1, 0.15) is 0 Å². The highest BCUT2D eigenvalue weighted by Gasteiger charge is 2.46. The molecule has 0 saturated heterocycles. The Balaban J connectivity index is 1.02. The third-order valence-electron chi connectivity index (χ3n) is 14.6. The van der Waals surface area contributed by atoms with E-state index in [9.17, 15) is 0 Å². The van der Waals surface area contributed by atoms with Crippen LogP contribution in [0.4, 0.5) is 17.1 Å². The van der Waals surface area contributed by atoms with E-state index in [-0.39, 0.29) is 0 Å². The van der Waals surface area contributed by atoms with Crippen LogP contribution in [0.5, 0.6) is 0 Å². The summed E-state index contributed by atoms with van der Waals surface area (Å²) in [5.74, 6) is 0.697. The van der Waals surface area contributed by atoms with Crippen molar-refractivity contribution in [2.45, 2.75) is 43.4 Å². The molecule has 0 amide bonds. The smallest absolute Gasteiger partial charge is 0.0713 e. The Labute approximate surface area is 389 Å². The summed E-state index contributed by atoms with van der Waals surface area (Å²) in [6.07, 6.45) is 6.70. The number of hydrogen-bond donors (Lipinski definition) is 0. The van der Waals surface area contributed by atoms with Gasteiger partial charge >= 0.3 is 0 Å². The second-order valence-electron chi connectivity index (χ2n) is 18.2. The van der Waals surface area contributed by atoms with E-state index in [1.165, 1.54) is 115 Å². The lowest BCUT2D eigenvalue weighted by Crippen LogP contribution is -2.28. The fourth-order valence-corrected chi connectivity index (χ4v) is 11.5. The van der Waals surface area contributed by atoms with E-state index in [1.54, 1.807) is 0 Å². The summed E-state index contributed by atoms with van der Waals surface area (Å²) in [7, 11) is 0. The van der Waals surface area contributed by atoms with Crippen molar-refractivity contribution >= 4 is 27.8 Å². The minimum atomic E-state index is -0.462. The van der Waals surface area contributed by atoms with E-state index in [4.69, 9.17) is 0 Å². The van der Waals surface area contributed by atoms with Gasteiger partial charge in [0.05, 0.1) is 5.41 Å². The largest absolute Gasteiger partial charge is 0.310 e. The minimum Gasteiger partial charge on any atom is -0.310 e. The highest BCUT2D eigenvalue weighted by molar-refractivity contribution is 6.07. The van der Waals surface area contributed by atoms with Gasteiger partial charge in [-0.05, 0) is 138 Å². The van der Waals surface area contributed by atoms with E-state index < -0.39 is 5.41 Å². The number of fused-ring (bicyclic) bond motifs is 4. The lowest BCUT2D eigenvalue weighted by atomic mass is 9.68. The van der Waals surface area contributed by atoms with Crippen molar-refractivity contribution in [1.82, 2.24) is 0 Å². The molecule has 10 aromatic carbocycles. The molecule has 12 rings (SSSR count). The fraction of sp³-hybridized carbons (Fsp3) is 0.108. The molecule has 1 nitrogen and oxygen atoms in total. The van der Waals surface area contributed by atoms with Crippen molar-refractivity contribution < 1.29 is 0 Å². The van der Waals surface area contributed by atoms with Gasteiger partial charge in [0.2, 0.25) is 0 Å². The predicted octanol–water partition coefficient (Wildman–Crippen LogP) is 17.7. The maximum atomic E-state index is 2.45. The molecule has 66 heavy (non-hydrogen) atoms. The van der Waals surface area contributed by atoms with Gasteiger partial charge in [-0.25, -0.2) is 0 Å². The van der Waals surface area contributed by atoms with E-state index >= 15 is 0 Å². The molecule has 0 aromatic heterocycles. The number of hydrogen-bond acceptors (Lipinski definition) is 1. The summed E-state index contributed by atoms with van der Waals surface area (Å²) in [6, 6.07) is 90.3. The first-order valence-electron chi connectivity index (χ1n) is 23.8. The lowest BCUT2D eigenvalue weighted by molar-refractivity contribution is 0.443. The second kappa shape index (κ2) is 17.0. The zero-order valence-electron chi connectivity index (χ0n) is 37.2. The number of benzene rings is 10. The van der Waals surface area contributed by atoms with E-state index in [2.05, 4.69) is 248 Å². The van der Waals surface area contributed by atoms with Crippen LogP contribution in [0.15, 0.2) is 243 Å². The molecule has 10 aromatic rings. The van der Waals surface area contributed by atoms with Crippen LogP contribution < -0.4 is 4.90 Å². The van der Waals surface area contributed by atoms with Gasteiger partial charge in [0, 0.05) is 17.1 Å². The van der Waals surface area contributed by atoms with Gasteiger partial charge in [0.15, 0.2) is 0 Å². The lowest BCUT2D eigenvalue weighted by Gasteiger charge is -2.34. The van der Waals surface area contributed by atoms with Crippen LogP contribution in [-0.2, 0) is 5.41 Å². The van der Waals surface area contributed by atoms with Gasteiger partial charge in [0.25, 0.3) is 0 Å². The SMILES string of the molecule is c1ccc(-c2cccc3cccc(-c4cccc(N(c5ccc(-c6ccc(C7CCCCC7)cc6)cc5)c5ccc6c(c5)-c5ccccc5C6(c5ccccc5)c5ccccc5)c4)c23)cc1. The van der Waals surface area contributed by atoms with Gasteiger partial charge in [-0.2, -0.15) is 0 Å². The molecule has 2 aliphatic rings. The standard InChI is InChI=1S/C65H51N/c1-5-18-46(19-6-1)47-34-36-48(37-35-47)49-38-40-55(41-39-49)66(56-29-15-24-52(44-56)59-32-17-23-51-22-16-31-58(64(51)59)50-20-7-2-8-21-50)57-42-43-63-61(45-57)60-30-13-14-33-62(60)65(63,53-25-9-3-10-26-53)54-27-11-4-12-28-54/h2-4,7-17,20-46H,1,5-6,18-19H2. The Bertz CT molecular complexity index is 3260. The van der Waals surface area contributed by atoms with Gasteiger partial charge in [-0.1, -0.05) is 226 Å². The van der Waals surface area contributed by atoms with Crippen molar-refractivity contribution in [3.63, 3.8) is 0 Å². The van der Waals surface area contributed by atoms with E-state index in [1.807, 2.05) is 0 Å². The summed E-state index contributed by atoms with van der Waals surface area (Å²) in [5.41, 5.74) is 19.4. The van der Waals surface area contributed by atoms with Crippen LogP contribution in [0.25, 0.3) is 55.3 Å². The number of rotatable bonds is 9. The average Bonchev–Trinajstić information content (AvgIpc) is 3.70. The van der Waals surface area contributed by atoms with Crippen molar-refractivity contribution in [3.8, 4) is 44.5 Å². The molecule has 0 bridgehead atoms. The van der Waals surface area contributed by atoms with Crippen LogP contribution in [-0.4, -0.2) is 0 Å². The first-order chi connectivity index (χ1) is 32.7. The predicted molar refractivity (Wildman–Crippen MR) is 278 cm³/mol. The molecule has 1 heteroatoms. The molecule has 0 heterocycles. The minimum absolute atomic E-state index is 0.462. The highest BCUT2D eigenvalue weighted by Crippen LogP contribution is 2.57. The van der Waals surface area contributed by atoms with Crippen LogP contribution in [0.1, 0.15) is 65.8 Å². The third-order valence-corrected chi connectivity index (χ3v) is 14.6. The van der Waals surface area contributed by atoms with E-state index in [0.717, 1.165) is 17.1 Å². The van der Waals surface area contributed by atoms with Crippen molar-refractivity contribution in [3.05, 3.63) is 270 Å².